The summed E-state index contributed by atoms with van der Waals surface area (Å²) in [6.45, 7) is 5.86. The molecule has 8 nitrogen and oxygen atoms in total. The summed E-state index contributed by atoms with van der Waals surface area (Å²) in [5, 5.41) is 0. The van der Waals surface area contributed by atoms with Crippen LogP contribution in [0.2, 0.25) is 0 Å². The van der Waals surface area contributed by atoms with E-state index in [1.165, 1.54) is 12.1 Å². The second-order valence-corrected chi connectivity index (χ2v) is 7.38. The zero-order valence-corrected chi connectivity index (χ0v) is 15.4. The molecule has 2 fully saturated rings. The van der Waals surface area contributed by atoms with Gasteiger partial charge in [-0.05, 0) is 19.8 Å². The highest BCUT2D eigenvalue weighted by molar-refractivity contribution is 5.91. The van der Waals surface area contributed by atoms with Crippen LogP contribution in [0.1, 0.15) is 34.9 Å². The Labute approximate surface area is 157 Å². The fourth-order valence-electron chi connectivity index (χ4n) is 3.92. The predicted molar refractivity (Wildman–Crippen MR) is 97.4 cm³/mol. The number of hydrogen-bond donors (Lipinski definition) is 1. The zero-order chi connectivity index (χ0) is 18.9. The molecule has 1 amide bonds. The first-order chi connectivity index (χ1) is 13.0. The molecule has 2 aromatic rings. The van der Waals surface area contributed by atoms with Crippen molar-refractivity contribution in [1.82, 2.24) is 19.8 Å². The van der Waals surface area contributed by atoms with E-state index in [4.69, 9.17) is 9.15 Å². The number of carbonyl (C=O) groups excluding carboxylic acids is 1. The summed E-state index contributed by atoms with van der Waals surface area (Å²) in [5.74, 6) is 0.313. The van der Waals surface area contributed by atoms with E-state index < -0.39 is 0 Å². The highest BCUT2D eigenvalue weighted by Gasteiger charge is 2.41. The Hall–Kier alpha value is -2.45. The molecule has 4 rings (SSSR count). The summed E-state index contributed by atoms with van der Waals surface area (Å²) >= 11 is 0. The second kappa shape index (κ2) is 7.28. The van der Waals surface area contributed by atoms with Gasteiger partial charge in [0.2, 0.25) is 0 Å². The number of hydrogen-bond acceptors (Lipinski definition) is 6. The third-order valence-electron chi connectivity index (χ3n) is 5.35. The van der Waals surface area contributed by atoms with Crippen LogP contribution in [0.4, 0.5) is 0 Å². The molecular weight excluding hydrogens is 348 g/mol. The van der Waals surface area contributed by atoms with Gasteiger partial charge in [0.05, 0.1) is 25.1 Å². The number of amides is 1. The molecule has 0 atom stereocenters. The number of H-pyrrole nitrogens is 1. The average molecular weight is 372 g/mol. The molecule has 2 saturated heterocycles. The zero-order valence-electron chi connectivity index (χ0n) is 15.4. The van der Waals surface area contributed by atoms with Crippen LogP contribution in [0, 0.1) is 6.92 Å². The van der Waals surface area contributed by atoms with Gasteiger partial charge in [-0.1, -0.05) is 0 Å². The van der Waals surface area contributed by atoms with Crippen LogP contribution in [-0.2, 0) is 11.3 Å². The summed E-state index contributed by atoms with van der Waals surface area (Å²) in [5.41, 5.74) is 0.571. The molecule has 144 valence electrons. The van der Waals surface area contributed by atoms with Gasteiger partial charge in [-0.3, -0.25) is 14.5 Å². The first-order valence-corrected chi connectivity index (χ1v) is 9.28. The Kier molecular flexibility index (Phi) is 4.84. The molecule has 0 aromatic carbocycles. The fourth-order valence-corrected chi connectivity index (χ4v) is 3.92. The fraction of sp³-hybridized carbons (Fsp3) is 0.526. The number of nitrogens with zero attached hydrogens (tertiary/aromatic N) is 3. The maximum absolute atomic E-state index is 12.8. The minimum Gasteiger partial charge on any atom is -0.456 e. The monoisotopic (exact) mass is 372 g/mol. The first kappa shape index (κ1) is 17.9. The SMILES string of the molecule is Cc1cc(=O)cc(C(=O)N2CCOC3(CCN(Cc4cnc[nH]4)CC3)C2)o1. The number of nitrogens with one attached hydrogen (secondary N) is 1. The number of carbonyl (C=O) groups is 1. The van der Waals surface area contributed by atoms with E-state index in [-0.39, 0.29) is 22.7 Å². The van der Waals surface area contributed by atoms with Gasteiger partial charge >= 0.3 is 0 Å². The number of likely N-dealkylation sites (tertiary alicyclic amines) is 1. The molecule has 2 aliphatic rings. The van der Waals surface area contributed by atoms with E-state index in [0.717, 1.165) is 38.2 Å². The van der Waals surface area contributed by atoms with Crippen molar-refractivity contribution in [3.63, 3.8) is 0 Å². The van der Waals surface area contributed by atoms with Crippen LogP contribution in [0.15, 0.2) is 33.9 Å². The van der Waals surface area contributed by atoms with Gasteiger partial charge in [-0.15, -0.1) is 0 Å². The third-order valence-corrected chi connectivity index (χ3v) is 5.35. The van der Waals surface area contributed by atoms with Gasteiger partial charge in [0.15, 0.2) is 11.2 Å². The molecule has 2 aromatic heterocycles. The molecule has 0 radical (unpaired) electrons. The van der Waals surface area contributed by atoms with Crippen molar-refractivity contribution in [2.45, 2.75) is 31.9 Å². The minimum absolute atomic E-state index is 0.105. The molecular formula is C19H24N4O4. The normalized spacial score (nSPS) is 20.1. The van der Waals surface area contributed by atoms with Crippen molar-refractivity contribution in [3.8, 4) is 0 Å². The number of piperidine rings is 1. The molecule has 4 heterocycles. The number of morpholine rings is 1. The van der Waals surface area contributed by atoms with Gasteiger partial charge in [0, 0.05) is 50.2 Å². The van der Waals surface area contributed by atoms with E-state index >= 15 is 0 Å². The predicted octanol–water partition coefficient (Wildman–Crippen LogP) is 1.18. The van der Waals surface area contributed by atoms with Gasteiger partial charge < -0.3 is 19.0 Å². The molecule has 0 aliphatic carbocycles. The number of aromatic nitrogens is 2. The lowest BCUT2D eigenvalue weighted by Crippen LogP contribution is -2.58. The van der Waals surface area contributed by atoms with Crippen LogP contribution >= 0.6 is 0 Å². The molecule has 0 bridgehead atoms. The summed E-state index contributed by atoms with van der Waals surface area (Å²) < 4.78 is 11.6. The van der Waals surface area contributed by atoms with Crippen molar-refractivity contribution in [2.75, 3.05) is 32.8 Å². The Morgan fingerprint density at radius 1 is 1.30 bits per heavy atom. The van der Waals surface area contributed by atoms with Crippen molar-refractivity contribution in [2.24, 2.45) is 0 Å². The summed E-state index contributed by atoms with van der Waals surface area (Å²) in [4.78, 5) is 35.8. The van der Waals surface area contributed by atoms with Crippen LogP contribution in [0.25, 0.3) is 0 Å². The molecule has 0 unspecified atom stereocenters. The summed E-state index contributed by atoms with van der Waals surface area (Å²) in [6, 6.07) is 2.65. The molecule has 1 spiro atoms. The minimum atomic E-state index is -0.317. The smallest absolute Gasteiger partial charge is 0.289 e. The molecule has 8 heteroatoms. The van der Waals surface area contributed by atoms with Crippen molar-refractivity contribution < 1.29 is 13.9 Å². The van der Waals surface area contributed by atoms with Crippen LogP contribution in [0.5, 0.6) is 0 Å². The maximum Gasteiger partial charge on any atom is 0.289 e. The first-order valence-electron chi connectivity index (χ1n) is 9.28. The highest BCUT2D eigenvalue weighted by Crippen LogP contribution is 2.31. The van der Waals surface area contributed by atoms with Crippen molar-refractivity contribution in [3.05, 3.63) is 52.1 Å². The quantitative estimate of drug-likeness (QED) is 0.870. The van der Waals surface area contributed by atoms with Gasteiger partial charge in [-0.25, -0.2) is 4.98 Å². The Morgan fingerprint density at radius 3 is 2.81 bits per heavy atom. The van der Waals surface area contributed by atoms with E-state index in [9.17, 15) is 9.59 Å². The maximum atomic E-state index is 12.8. The highest BCUT2D eigenvalue weighted by atomic mass is 16.5. The van der Waals surface area contributed by atoms with E-state index in [2.05, 4.69) is 14.9 Å². The Morgan fingerprint density at radius 2 is 2.11 bits per heavy atom. The third kappa shape index (κ3) is 3.96. The largest absolute Gasteiger partial charge is 0.456 e. The standard InChI is InChI=1S/C19H24N4O4/c1-14-8-16(24)9-17(27-14)18(25)23-6-7-26-19(12-23)2-4-22(5-3-19)11-15-10-20-13-21-15/h8-10,13H,2-7,11-12H2,1H3,(H,20,21). The number of imidazole rings is 1. The Balaban J connectivity index is 1.40. The number of aryl methyl sites for hydroxylation is 1. The lowest BCUT2D eigenvalue weighted by atomic mass is 9.89. The van der Waals surface area contributed by atoms with Crippen molar-refractivity contribution in [1.29, 1.82) is 0 Å². The number of rotatable bonds is 3. The lowest BCUT2D eigenvalue weighted by Gasteiger charge is -2.47. The molecule has 2 aliphatic heterocycles. The van der Waals surface area contributed by atoms with E-state index in [1.54, 1.807) is 18.2 Å². The average Bonchev–Trinajstić information content (AvgIpc) is 3.16. The topological polar surface area (TPSA) is 91.7 Å². The lowest BCUT2D eigenvalue weighted by molar-refractivity contribution is -0.128. The summed E-state index contributed by atoms with van der Waals surface area (Å²) in [7, 11) is 0. The molecule has 0 saturated carbocycles. The van der Waals surface area contributed by atoms with Gasteiger partial charge in [-0.2, -0.15) is 0 Å². The van der Waals surface area contributed by atoms with E-state index in [1.807, 2.05) is 6.20 Å². The van der Waals surface area contributed by atoms with Crippen molar-refractivity contribution >= 4 is 5.91 Å². The van der Waals surface area contributed by atoms with Crippen LogP contribution < -0.4 is 5.43 Å². The van der Waals surface area contributed by atoms with Gasteiger partial charge in [0.1, 0.15) is 5.76 Å². The van der Waals surface area contributed by atoms with Gasteiger partial charge in [0.25, 0.3) is 5.91 Å². The molecule has 27 heavy (non-hydrogen) atoms. The van der Waals surface area contributed by atoms with Crippen LogP contribution in [-0.4, -0.2) is 64.1 Å². The number of aromatic amines is 1. The van der Waals surface area contributed by atoms with Crippen LogP contribution in [0.3, 0.4) is 0 Å². The summed E-state index contributed by atoms with van der Waals surface area (Å²) in [6.07, 6.45) is 5.26. The van der Waals surface area contributed by atoms with E-state index in [0.29, 0.717) is 25.5 Å². The molecule has 1 N–H and O–H groups in total. The Bertz CT molecular complexity index is 853. The number of ether oxygens (including phenoxy) is 1. The second-order valence-electron chi connectivity index (χ2n) is 7.38.